The number of rotatable bonds is 4. The molecule has 1 aromatic heterocycles. The van der Waals surface area contributed by atoms with Crippen molar-refractivity contribution in [2.45, 2.75) is 5.03 Å². The lowest BCUT2D eigenvalue weighted by Crippen LogP contribution is -2.15. The Kier molecular flexibility index (Phi) is 3.86. The number of nitrogens with zero attached hydrogens (tertiary/aromatic N) is 2. The van der Waals surface area contributed by atoms with E-state index in [2.05, 4.69) is 9.71 Å². The van der Waals surface area contributed by atoms with Gasteiger partial charge in [-0.25, -0.2) is 9.78 Å². The Labute approximate surface area is 120 Å². The summed E-state index contributed by atoms with van der Waals surface area (Å²) < 4.78 is 26.5. The maximum atomic E-state index is 12.1. The SMILES string of the molecule is N#Cc1ccccc1NS(=O)(=O)c1ccc(C(=O)O)cn1. The van der Waals surface area contributed by atoms with Crippen LogP contribution < -0.4 is 4.72 Å². The lowest BCUT2D eigenvalue weighted by Gasteiger charge is -2.08. The average Bonchev–Trinajstić information content (AvgIpc) is 2.47. The molecule has 0 bridgehead atoms. The van der Waals surface area contributed by atoms with Crippen LogP contribution in [0.2, 0.25) is 0 Å². The number of carbonyl (C=O) groups is 1. The molecule has 0 saturated carbocycles. The predicted octanol–water partition coefficient (Wildman–Crippen LogP) is 1.45. The van der Waals surface area contributed by atoms with Gasteiger partial charge in [-0.1, -0.05) is 12.1 Å². The fraction of sp³-hybridized carbons (Fsp3) is 0. The number of pyridine rings is 1. The molecule has 0 aliphatic heterocycles. The Morgan fingerprint density at radius 1 is 1.24 bits per heavy atom. The highest BCUT2D eigenvalue weighted by atomic mass is 32.2. The summed E-state index contributed by atoms with van der Waals surface area (Å²) >= 11 is 0. The number of sulfonamides is 1. The number of hydrogen-bond donors (Lipinski definition) is 2. The molecule has 0 unspecified atom stereocenters. The number of nitriles is 1. The zero-order valence-corrected chi connectivity index (χ0v) is 11.3. The second-order valence-electron chi connectivity index (χ2n) is 3.95. The maximum absolute atomic E-state index is 12.1. The molecule has 8 heteroatoms. The first-order chi connectivity index (χ1) is 9.94. The van der Waals surface area contributed by atoms with Crippen molar-refractivity contribution in [2.75, 3.05) is 4.72 Å². The molecule has 1 heterocycles. The van der Waals surface area contributed by atoms with Crippen LogP contribution >= 0.6 is 0 Å². The quantitative estimate of drug-likeness (QED) is 0.882. The molecule has 0 atom stereocenters. The molecule has 0 fully saturated rings. The molecule has 21 heavy (non-hydrogen) atoms. The lowest BCUT2D eigenvalue weighted by atomic mass is 10.2. The second kappa shape index (κ2) is 5.60. The van der Waals surface area contributed by atoms with Gasteiger partial charge in [-0.2, -0.15) is 13.7 Å². The Morgan fingerprint density at radius 2 is 1.95 bits per heavy atom. The van der Waals surface area contributed by atoms with Gasteiger partial charge in [0.1, 0.15) is 6.07 Å². The number of nitrogens with one attached hydrogen (secondary N) is 1. The van der Waals surface area contributed by atoms with E-state index in [0.717, 1.165) is 18.3 Å². The van der Waals surface area contributed by atoms with Gasteiger partial charge < -0.3 is 5.11 Å². The fourth-order valence-corrected chi connectivity index (χ4v) is 2.54. The summed E-state index contributed by atoms with van der Waals surface area (Å²) in [6.07, 6.45) is 0.951. The van der Waals surface area contributed by atoms with Gasteiger partial charge in [0, 0.05) is 6.20 Å². The second-order valence-corrected chi connectivity index (χ2v) is 5.58. The number of hydrogen-bond acceptors (Lipinski definition) is 5. The van der Waals surface area contributed by atoms with Gasteiger partial charge in [-0.3, -0.25) is 4.72 Å². The highest BCUT2D eigenvalue weighted by molar-refractivity contribution is 7.92. The Balaban J connectivity index is 2.34. The highest BCUT2D eigenvalue weighted by Crippen LogP contribution is 2.18. The Morgan fingerprint density at radius 3 is 2.52 bits per heavy atom. The monoisotopic (exact) mass is 303 g/mol. The van der Waals surface area contributed by atoms with Gasteiger partial charge in [-0.15, -0.1) is 0 Å². The van der Waals surface area contributed by atoms with Gasteiger partial charge in [-0.05, 0) is 24.3 Å². The summed E-state index contributed by atoms with van der Waals surface area (Å²) in [5.41, 5.74) is 0.179. The molecule has 0 amide bonds. The number of aromatic carboxylic acids is 1. The van der Waals surface area contributed by atoms with E-state index in [0.29, 0.717) is 0 Å². The third-order valence-corrected chi connectivity index (χ3v) is 3.83. The van der Waals surface area contributed by atoms with Crippen LogP contribution in [0, 0.1) is 11.3 Å². The fourth-order valence-electron chi connectivity index (χ4n) is 1.53. The largest absolute Gasteiger partial charge is 0.478 e. The van der Waals surface area contributed by atoms with Crippen LogP contribution in [0.15, 0.2) is 47.6 Å². The summed E-state index contributed by atoms with van der Waals surface area (Å²) in [5.74, 6) is -1.20. The van der Waals surface area contributed by atoms with Crippen LogP contribution in [0.1, 0.15) is 15.9 Å². The minimum atomic E-state index is -3.99. The van der Waals surface area contributed by atoms with Crippen molar-refractivity contribution < 1.29 is 18.3 Å². The zero-order valence-electron chi connectivity index (χ0n) is 10.5. The zero-order chi connectivity index (χ0) is 15.5. The van der Waals surface area contributed by atoms with Crippen LogP contribution in [0.3, 0.4) is 0 Å². The van der Waals surface area contributed by atoms with E-state index in [-0.39, 0.29) is 21.8 Å². The summed E-state index contributed by atoms with van der Waals surface area (Å²) in [4.78, 5) is 14.3. The molecule has 0 aliphatic carbocycles. The van der Waals surface area contributed by atoms with Crippen molar-refractivity contribution in [1.82, 2.24) is 4.98 Å². The minimum absolute atomic E-state index is 0.119. The van der Waals surface area contributed by atoms with Crippen molar-refractivity contribution >= 4 is 21.7 Å². The maximum Gasteiger partial charge on any atom is 0.337 e. The van der Waals surface area contributed by atoms with Crippen molar-refractivity contribution in [3.8, 4) is 6.07 Å². The number of anilines is 1. The van der Waals surface area contributed by atoms with Crippen LogP contribution in [0.25, 0.3) is 0 Å². The molecule has 0 saturated heterocycles. The van der Waals surface area contributed by atoms with Crippen molar-refractivity contribution in [2.24, 2.45) is 0 Å². The van der Waals surface area contributed by atoms with Gasteiger partial charge in [0.2, 0.25) is 0 Å². The number of carboxylic acids is 1. The molecule has 1 aromatic carbocycles. The van der Waals surface area contributed by atoms with Gasteiger partial charge in [0.15, 0.2) is 5.03 Å². The molecule has 0 radical (unpaired) electrons. The van der Waals surface area contributed by atoms with Crippen LogP contribution in [-0.4, -0.2) is 24.5 Å². The van der Waals surface area contributed by atoms with E-state index in [1.165, 1.54) is 12.1 Å². The standard InChI is InChI=1S/C13H9N3O4S/c14-7-9-3-1-2-4-11(9)16-21(19,20)12-6-5-10(8-15-12)13(17)18/h1-6,8,16H,(H,17,18). The first kappa shape index (κ1) is 14.5. The van der Waals surface area contributed by atoms with Gasteiger partial charge in [0.05, 0.1) is 16.8 Å². The normalized spacial score (nSPS) is 10.6. The number of benzene rings is 1. The van der Waals surface area contributed by atoms with E-state index >= 15 is 0 Å². The number of aromatic nitrogens is 1. The van der Waals surface area contributed by atoms with Crippen LogP contribution in [-0.2, 0) is 10.0 Å². The first-order valence-corrected chi connectivity index (χ1v) is 7.13. The Hall–Kier alpha value is -2.92. The van der Waals surface area contributed by atoms with E-state index in [1.807, 2.05) is 6.07 Å². The summed E-state index contributed by atoms with van der Waals surface area (Å²) in [6, 6.07) is 10.2. The predicted molar refractivity (Wildman–Crippen MR) is 73.2 cm³/mol. The summed E-state index contributed by atoms with van der Waals surface area (Å²) in [6.45, 7) is 0. The topological polar surface area (TPSA) is 120 Å². The molecule has 2 rings (SSSR count). The van der Waals surface area contributed by atoms with E-state index < -0.39 is 16.0 Å². The summed E-state index contributed by atoms with van der Waals surface area (Å²) in [5, 5.41) is 17.3. The number of para-hydroxylation sites is 1. The molecule has 2 aromatic rings. The lowest BCUT2D eigenvalue weighted by molar-refractivity contribution is 0.0696. The third-order valence-electron chi connectivity index (χ3n) is 2.55. The van der Waals surface area contributed by atoms with Gasteiger partial charge in [0.25, 0.3) is 10.0 Å². The molecule has 0 spiro atoms. The molecular weight excluding hydrogens is 294 g/mol. The molecule has 0 aliphatic rings. The molecular formula is C13H9N3O4S. The number of carboxylic acid groups (broad SMARTS) is 1. The minimum Gasteiger partial charge on any atom is -0.478 e. The summed E-state index contributed by atoms with van der Waals surface area (Å²) in [7, 11) is -3.99. The average molecular weight is 303 g/mol. The van der Waals surface area contributed by atoms with Crippen LogP contribution in [0.4, 0.5) is 5.69 Å². The van der Waals surface area contributed by atoms with E-state index in [9.17, 15) is 13.2 Å². The third kappa shape index (κ3) is 3.16. The van der Waals surface area contributed by atoms with Crippen molar-refractivity contribution in [3.63, 3.8) is 0 Å². The van der Waals surface area contributed by atoms with Crippen LogP contribution in [0.5, 0.6) is 0 Å². The molecule has 106 valence electrons. The Bertz CT molecular complexity index is 823. The first-order valence-electron chi connectivity index (χ1n) is 5.65. The van der Waals surface area contributed by atoms with E-state index in [1.54, 1.807) is 12.1 Å². The van der Waals surface area contributed by atoms with Crippen molar-refractivity contribution in [1.29, 1.82) is 5.26 Å². The van der Waals surface area contributed by atoms with Crippen molar-refractivity contribution in [3.05, 3.63) is 53.7 Å². The van der Waals surface area contributed by atoms with Gasteiger partial charge >= 0.3 is 5.97 Å². The highest BCUT2D eigenvalue weighted by Gasteiger charge is 2.18. The van der Waals surface area contributed by atoms with E-state index in [4.69, 9.17) is 10.4 Å². The molecule has 2 N–H and O–H groups in total. The molecule has 7 nitrogen and oxygen atoms in total. The smallest absolute Gasteiger partial charge is 0.337 e.